The number of hydrogen-bond donors (Lipinski definition) is 0. The third kappa shape index (κ3) is 1.92. The van der Waals surface area contributed by atoms with Crippen LogP contribution in [0.3, 0.4) is 0 Å². The maximum absolute atomic E-state index is 5.94. The molecule has 4 rings (SSSR count). The highest BCUT2D eigenvalue weighted by Crippen LogP contribution is 2.30. The summed E-state index contributed by atoms with van der Waals surface area (Å²) in [5.41, 5.74) is 2.83. The highest BCUT2D eigenvalue weighted by Gasteiger charge is 2.36. The predicted octanol–water partition coefficient (Wildman–Crippen LogP) is 0.315. The fraction of sp³-hybridized carbons (Fsp3) is 0.667. The molecule has 106 valence electrons. The van der Waals surface area contributed by atoms with Gasteiger partial charge in [0.25, 0.3) is 0 Å². The molecule has 8 heteroatoms. The Morgan fingerprint density at radius 1 is 1.40 bits per heavy atom. The second-order valence-electron chi connectivity index (χ2n) is 5.41. The zero-order chi connectivity index (χ0) is 13.5. The standard InChI is InChI=1S/C12H16N6O2/c1-8-10(15-20-14-8)5-17-3-2-11-12(6-17)19-7-9-4-13-16-18(9)11/h4,11-12H,2-3,5-7H2,1H3/t11-,12-/m0/s1. The van der Waals surface area contributed by atoms with Crippen LogP contribution >= 0.6 is 0 Å². The van der Waals surface area contributed by atoms with E-state index >= 15 is 0 Å². The Morgan fingerprint density at radius 3 is 3.20 bits per heavy atom. The van der Waals surface area contributed by atoms with Gasteiger partial charge in [0.1, 0.15) is 11.4 Å². The van der Waals surface area contributed by atoms with Gasteiger partial charge in [0.15, 0.2) is 0 Å². The normalized spacial score (nSPS) is 26.2. The van der Waals surface area contributed by atoms with Gasteiger partial charge in [-0.15, -0.1) is 5.10 Å². The topological polar surface area (TPSA) is 82.1 Å². The highest BCUT2D eigenvalue weighted by molar-refractivity contribution is 5.06. The average molecular weight is 276 g/mol. The van der Waals surface area contributed by atoms with Gasteiger partial charge >= 0.3 is 0 Å². The zero-order valence-corrected chi connectivity index (χ0v) is 11.3. The second kappa shape index (κ2) is 4.64. The Balaban J connectivity index is 1.48. The summed E-state index contributed by atoms with van der Waals surface area (Å²) >= 11 is 0. The first-order chi connectivity index (χ1) is 9.81. The molecule has 2 aromatic rings. The van der Waals surface area contributed by atoms with E-state index in [2.05, 4.69) is 25.5 Å². The van der Waals surface area contributed by atoms with Crippen molar-refractivity contribution in [2.45, 2.75) is 38.6 Å². The Kier molecular flexibility index (Phi) is 2.78. The van der Waals surface area contributed by atoms with Crippen molar-refractivity contribution in [3.05, 3.63) is 23.3 Å². The lowest BCUT2D eigenvalue weighted by Crippen LogP contribution is -2.48. The quantitative estimate of drug-likeness (QED) is 0.781. The van der Waals surface area contributed by atoms with Gasteiger partial charge in [-0.25, -0.2) is 9.31 Å². The van der Waals surface area contributed by atoms with E-state index in [-0.39, 0.29) is 6.10 Å². The van der Waals surface area contributed by atoms with Crippen molar-refractivity contribution in [2.75, 3.05) is 13.1 Å². The molecule has 1 fully saturated rings. The largest absolute Gasteiger partial charge is 0.368 e. The van der Waals surface area contributed by atoms with E-state index in [9.17, 15) is 0 Å². The second-order valence-corrected chi connectivity index (χ2v) is 5.41. The third-order valence-electron chi connectivity index (χ3n) is 4.14. The fourth-order valence-electron chi connectivity index (χ4n) is 3.00. The summed E-state index contributed by atoms with van der Waals surface area (Å²) in [6.07, 6.45) is 2.95. The van der Waals surface area contributed by atoms with Crippen LogP contribution in [0.4, 0.5) is 0 Å². The first kappa shape index (κ1) is 12.0. The average Bonchev–Trinajstić information content (AvgIpc) is 3.08. The van der Waals surface area contributed by atoms with Gasteiger partial charge < -0.3 is 4.74 Å². The molecular weight excluding hydrogens is 260 g/mol. The van der Waals surface area contributed by atoms with Gasteiger partial charge in [-0.3, -0.25) is 4.90 Å². The zero-order valence-electron chi connectivity index (χ0n) is 11.3. The van der Waals surface area contributed by atoms with E-state index < -0.39 is 0 Å². The van der Waals surface area contributed by atoms with Gasteiger partial charge in [-0.1, -0.05) is 15.5 Å². The summed E-state index contributed by atoms with van der Waals surface area (Å²) < 4.78 is 12.7. The first-order valence-corrected chi connectivity index (χ1v) is 6.82. The molecule has 0 unspecified atom stereocenters. The van der Waals surface area contributed by atoms with E-state index in [0.717, 1.165) is 43.1 Å². The van der Waals surface area contributed by atoms with Crippen LogP contribution in [0, 0.1) is 6.92 Å². The van der Waals surface area contributed by atoms with Crippen molar-refractivity contribution in [1.82, 2.24) is 30.2 Å². The van der Waals surface area contributed by atoms with Crippen LogP contribution in [0.1, 0.15) is 29.5 Å². The molecular formula is C12H16N6O2. The Bertz CT molecular complexity index is 609. The van der Waals surface area contributed by atoms with E-state index in [4.69, 9.17) is 9.37 Å². The molecule has 2 atom stereocenters. The molecule has 0 N–H and O–H groups in total. The minimum atomic E-state index is 0.165. The van der Waals surface area contributed by atoms with Crippen LogP contribution < -0.4 is 0 Å². The van der Waals surface area contributed by atoms with Crippen LogP contribution in [-0.4, -0.2) is 49.4 Å². The van der Waals surface area contributed by atoms with E-state index in [0.29, 0.717) is 12.6 Å². The number of aromatic nitrogens is 5. The maximum Gasteiger partial charge on any atom is 0.122 e. The summed E-state index contributed by atoms with van der Waals surface area (Å²) in [4.78, 5) is 2.33. The smallest absolute Gasteiger partial charge is 0.122 e. The number of rotatable bonds is 2. The fourth-order valence-corrected chi connectivity index (χ4v) is 3.00. The first-order valence-electron chi connectivity index (χ1n) is 6.82. The van der Waals surface area contributed by atoms with E-state index in [1.807, 2.05) is 11.6 Å². The summed E-state index contributed by atoms with van der Waals surface area (Å²) in [5, 5.41) is 15.9. The molecule has 2 aliphatic heterocycles. The van der Waals surface area contributed by atoms with Crippen molar-refractivity contribution in [1.29, 1.82) is 0 Å². The number of hydrogen-bond acceptors (Lipinski definition) is 7. The monoisotopic (exact) mass is 276 g/mol. The number of piperidine rings is 1. The predicted molar refractivity (Wildman–Crippen MR) is 66.6 cm³/mol. The Labute approximate surface area is 115 Å². The molecule has 1 saturated heterocycles. The number of likely N-dealkylation sites (tertiary alicyclic amines) is 1. The minimum Gasteiger partial charge on any atom is -0.368 e. The summed E-state index contributed by atoms with van der Waals surface area (Å²) in [6.45, 7) is 5.11. The summed E-state index contributed by atoms with van der Waals surface area (Å²) in [5.74, 6) is 0. The molecule has 0 saturated carbocycles. The van der Waals surface area contributed by atoms with Gasteiger partial charge in [0.2, 0.25) is 0 Å². The van der Waals surface area contributed by atoms with Crippen molar-refractivity contribution in [3.8, 4) is 0 Å². The lowest BCUT2D eigenvalue weighted by atomic mass is 10.00. The highest BCUT2D eigenvalue weighted by atomic mass is 16.6. The number of ether oxygens (including phenoxy) is 1. The van der Waals surface area contributed by atoms with Gasteiger partial charge in [0, 0.05) is 19.6 Å². The van der Waals surface area contributed by atoms with Crippen LogP contribution in [-0.2, 0) is 17.9 Å². The molecule has 8 nitrogen and oxygen atoms in total. The maximum atomic E-state index is 5.94. The Morgan fingerprint density at radius 2 is 2.35 bits per heavy atom. The minimum absolute atomic E-state index is 0.165. The van der Waals surface area contributed by atoms with Crippen LogP contribution in [0.5, 0.6) is 0 Å². The van der Waals surface area contributed by atoms with Gasteiger partial charge in [0.05, 0.1) is 30.6 Å². The van der Waals surface area contributed by atoms with Gasteiger partial charge in [-0.2, -0.15) is 0 Å². The molecule has 20 heavy (non-hydrogen) atoms. The summed E-state index contributed by atoms with van der Waals surface area (Å²) in [7, 11) is 0. The van der Waals surface area contributed by atoms with E-state index in [1.54, 1.807) is 6.20 Å². The lowest BCUT2D eigenvalue weighted by molar-refractivity contribution is -0.0707. The molecule has 0 spiro atoms. The Hall–Kier alpha value is -1.80. The molecule has 2 aromatic heterocycles. The number of aryl methyl sites for hydroxylation is 1. The van der Waals surface area contributed by atoms with Crippen molar-refractivity contribution < 1.29 is 9.37 Å². The molecule has 0 bridgehead atoms. The molecule has 0 aliphatic carbocycles. The van der Waals surface area contributed by atoms with Gasteiger partial charge in [-0.05, 0) is 13.3 Å². The number of nitrogens with zero attached hydrogens (tertiary/aromatic N) is 6. The SMILES string of the molecule is Cc1nonc1CN1CC[C@H]2[C@H](C1)OCc1cnnn12. The van der Waals surface area contributed by atoms with Crippen molar-refractivity contribution in [2.24, 2.45) is 0 Å². The molecule has 2 aliphatic rings. The van der Waals surface area contributed by atoms with Crippen molar-refractivity contribution >= 4 is 0 Å². The van der Waals surface area contributed by atoms with E-state index in [1.165, 1.54) is 0 Å². The summed E-state index contributed by atoms with van der Waals surface area (Å²) in [6, 6.07) is 0.300. The lowest BCUT2D eigenvalue weighted by Gasteiger charge is -2.40. The number of fused-ring (bicyclic) bond motifs is 3. The molecule has 0 aromatic carbocycles. The van der Waals surface area contributed by atoms with Crippen LogP contribution in [0.15, 0.2) is 10.8 Å². The van der Waals surface area contributed by atoms with Crippen molar-refractivity contribution in [3.63, 3.8) is 0 Å². The van der Waals surface area contributed by atoms with Crippen LogP contribution in [0.25, 0.3) is 0 Å². The molecule has 0 amide bonds. The molecule has 4 heterocycles. The van der Waals surface area contributed by atoms with Crippen LogP contribution in [0.2, 0.25) is 0 Å². The molecule has 0 radical (unpaired) electrons. The third-order valence-corrected chi connectivity index (χ3v) is 4.14.